The zero-order chi connectivity index (χ0) is 22.7. The van der Waals surface area contributed by atoms with Gasteiger partial charge in [0, 0.05) is 35.2 Å². The molecule has 9 heteroatoms. The van der Waals surface area contributed by atoms with E-state index in [1.165, 1.54) is 4.90 Å². The molecule has 0 aliphatic rings. The summed E-state index contributed by atoms with van der Waals surface area (Å²) in [6, 6.07) is 14.2. The molecule has 8 nitrogen and oxygen atoms in total. The first-order valence-corrected chi connectivity index (χ1v) is 10.2. The lowest BCUT2D eigenvalue weighted by atomic mass is 10.1. The predicted molar refractivity (Wildman–Crippen MR) is 123 cm³/mol. The molecule has 0 saturated heterocycles. The number of benzene rings is 2. The average molecular weight is 450 g/mol. The molecule has 2 heterocycles. The van der Waals surface area contributed by atoms with E-state index >= 15 is 0 Å². The fourth-order valence-electron chi connectivity index (χ4n) is 3.18. The summed E-state index contributed by atoms with van der Waals surface area (Å²) in [5, 5.41) is 3.25. The molecule has 4 aromatic rings. The number of nitrogens with one attached hydrogen (secondary N) is 1. The van der Waals surface area contributed by atoms with Crippen LogP contribution in [-0.4, -0.2) is 40.0 Å². The van der Waals surface area contributed by atoms with Crippen LogP contribution in [0.3, 0.4) is 0 Å². The summed E-state index contributed by atoms with van der Waals surface area (Å²) in [5.41, 5.74) is 3.85. The van der Waals surface area contributed by atoms with Crippen LogP contribution in [0.1, 0.15) is 17.4 Å². The standard InChI is InChI=1S/C23H20ClN5O3/c1-3-32-23(31)27-17-8-4-15(5-9-17)20-12-26-21-13-25-19(14-29(20)21)22(30)28(2)18-10-6-16(24)7-11-18/h4-14H,3H2,1-2H3,(H,27,31). The molecule has 32 heavy (non-hydrogen) atoms. The minimum Gasteiger partial charge on any atom is -0.450 e. The van der Waals surface area contributed by atoms with Gasteiger partial charge in [-0.05, 0) is 43.3 Å². The molecule has 2 aromatic heterocycles. The number of anilines is 2. The van der Waals surface area contributed by atoms with Crippen molar-refractivity contribution in [3.63, 3.8) is 0 Å². The number of hydrogen-bond acceptors (Lipinski definition) is 5. The van der Waals surface area contributed by atoms with Gasteiger partial charge in [0.1, 0.15) is 5.69 Å². The van der Waals surface area contributed by atoms with E-state index in [2.05, 4.69) is 15.3 Å². The average Bonchev–Trinajstić information content (AvgIpc) is 3.22. The molecule has 0 saturated carbocycles. The highest BCUT2D eigenvalue weighted by Crippen LogP contribution is 2.24. The van der Waals surface area contributed by atoms with Gasteiger partial charge in [-0.2, -0.15) is 0 Å². The maximum absolute atomic E-state index is 13.0. The van der Waals surface area contributed by atoms with Crippen molar-refractivity contribution in [2.75, 3.05) is 23.9 Å². The number of carbonyl (C=O) groups is 2. The van der Waals surface area contributed by atoms with Crippen LogP contribution in [0, 0.1) is 0 Å². The van der Waals surface area contributed by atoms with Crippen LogP contribution < -0.4 is 10.2 Å². The Kier molecular flexibility index (Phi) is 6.04. The number of hydrogen-bond donors (Lipinski definition) is 1. The highest BCUT2D eigenvalue weighted by Gasteiger charge is 2.17. The Morgan fingerprint density at radius 1 is 1.06 bits per heavy atom. The van der Waals surface area contributed by atoms with Crippen LogP contribution in [0.5, 0.6) is 0 Å². The minimum atomic E-state index is -0.505. The smallest absolute Gasteiger partial charge is 0.411 e. The van der Waals surface area contributed by atoms with Crippen molar-refractivity contribution in [2.24, 2.45) is 0 Å². The number of nitrogens with zero attached hydrogens (tertiary/aromatic N) is 4. The lowest BCUT2D eigenvalue weighted by Gasteiger charge is -2.17. The van der Waals surface area contributed by atoms with Gasteiger partial charge >= 0.3 is 6.09 Å². The van der Waals surface area contributed by atoms with Gasteiger partial charge in [0.2, 0.25) is 0 Å². The number of halogens is 1. The van der Waals surface area contributed by atoms with Crippen LogP contribution in [0.15, 0.2) is 67.1 Å². The van der Waals surface area contributed by atoms with Crippen molar-refractivity contribution in [1.29, 1.82) is 0 Å². The van der Waals surface area contributed by atoms with Crippen LogP contribution in [0.2, 0.25) is 5.02 Å². The van der Waals surface area contributed by atoms with Gasteiger partial charge in [-0.3, -0.25) is 14.5 Å². The molecule has 0 fully saturated rings. The Morgan fingerprint density at radius 3 is 2.47 bits per heavy atom. The maximum Gasteiger partial charge on any atom is 0.411 e. The quantitative estimate of drug-likeness (QED) is 0.468. The van der Waals surface area contributed by atoms with Gasteiger partial charge in [0.25, 0.3) is 5.91 Å². The first-order valence-electron chi connectivity index (χ1n) is 9.87. The molecular weight excluding hydrogens is 430 g/mol. The lowest BCUT2D eigenvalue weighted by Crippen LogP contribution is -2.27. The fraction of sp³-hybridized carbons (Fsp3) is 0.130. The van der Waals surface area contributed by atoms with E-state index in [0.29, 0.717) is 28.7 Å². The largest absolute Gasteiger partial charge is 0.450 e. The predicted octanol–water partition coefficient (Wildman–Crippen LogP) is 4.89. The number of fused-ring (bicyclic) bond motifs is 1. The third-order valence-corrected chi connectivity index (χ3v) is 5.09. The lowest BCUT2D eigenvalue weighted by molar-refractivity contribution is 0.0987. The van der Waals surface area contributed by atoms with E-state index in [-0.39, 0.29) is 11.6 Å². The molecule has 2 aromatic carbocycles. The number of imidazole rings is 1. The van der Waals surface area contributed by atoms with Crippen LogP contribution >= 0.6 is 11.6 Å². The number of carbonyl (C=O) groups excluding carboxylic acids is 2. The van der Waals surface area contributed by atoms with Gasteiger partial charge in [0.05, 0.1) is 24.7 Å². The monoisotopic (exact) mass is 449 g/mol. The van der Waals surface area contributed by atoms with E-state index in [4.69, 9.17) is 16.3 Å². The molecule has 4 rings (SSSR count). The van der Waals surface area contributed by atoms with Gasteiger partial charge in [0.15, 0.2) is 5.65 Å². The molecule has 0 bridgehead atoms. The Hall–Kier alpha value is -3.91. The van der Waals surface area contributed by atoms with Crippen molar-refractivity contribution in [2.45, 2.75) is 6.92 Å². The topological polar surface area (TPSA) is 88.8 Å². The van der Waals surface area contributed by atoms with E-state index in [9.17, 15) is 9.59 Å². The van der Waals surface area contributed by atoms with E-state index in [1.54, 1.807) is 69.0 Å². The first-order chi connectivity index (χ1) is 15.5. The van der Waals surface area contributed by atoms with Crippen molar-refractivity contribution in [1.82, 2.24) is 14.4 Å². The Bertz CT molecular complexity index is 1270. The minimum absolute atomic E-state index is 0.261. The summed E-state index contributed by atoms with van der Waals surface area (Å²) in [7, 11) is 1.68. The summed E-state index contributed by atoms with van der Waals surface area (Å²) < 4.78 is 6.69. The van der Waals surface area contributed by atoms with Gasteiger partial charge in [-0.1, -0.05) is 23.7 Å². The van der Waals surface area contributed by atoms with Gasteiger partial charge < -0.3 is 9.64 Å². The molecule has 162 valence electrons. The van der Waals surface area contributed by atoms with E-state index in [1.807, 2.05) is 16.5 Å². The molecule has 1 N–H and O–H groups in total. The number of rotatable bonds is 5. The molecular formula is C23H20ClN5O3. The van der Waals surface area contributed by atoms with Crippen molar-refractivity contribution >= 4 is 40.6 Å². The van der Waals surface area contributed by atoms with Crippen molar-refractivity contribution in [3.05, 3.63) is 77.8 Å². The highest BCUT2D eigenvalue weighted by atomic mass is 35.5. The molecule has 0 unspecified atom stereocenters. The second-order valence-electron chi connectivity index (χ2n) is 6.91. The highest BCUT2D eigenvalue weighted by molar-refractivity contribution is 6.30. The van der Waals surface area contributed by atoms with Gasteiger partial charge in [-0.15, -0.1) is 0 Å². The molecule has 0 radical (unpaired) electrons. The molecule has 2 amide bonds. The Balaban J connectivity index is 1.61. The zero-order valence-electron chi connectivity index (χ0n) is 17.4. The Labute approximate surface area is 189 Å². The SMILES string of the molecule is CCOC(=O)Nc1ccc(-c2cnc3cnc(C(=O)N(C)c4ccc(Cl)cc4)cn23)cc1. The number of aromatic nitrogens is 3. The summed E-state index contributed by atoms with van der Waals surface area (Å²) >= 11 is 5.94. The third-order valence-electron chi connectivity index (χ3n) is 4.84. The summed E-state index contributed by atoms with van der Waals surface area (Å²) in [6.45, 7) is 2.04. The van der Waals surface area contributed by atoms with Crippen LogP contribution in [-0.2, 0) is 4.74 Å². The summed E-state index contributed by atoms with van der Waals surface area (Å²) in [4.78, 5) is 34.7. The van der Waals surface area contributed by atoms with E-state index in [0.717, 1.165) is 11.3 Å². The summed E-state index contributed by atoms with van der Waals surface area (Å²) in [6.07, 6.45) is 4.43. The van der Waals surface area contributed by atoms with Gasteiger partial charge in [-0.25, -0.2) is 14.8 Å². The third kappa shape index (κ3) is 4.40. The number of ether oxygens (including phenoxy) is 1. The van der Waals surface area contributed by atoms with E-state index < -0.39 is 6.09 Å². The fourth-order valence-corrected chi connectivity index (χ4v) is 3.30. The van der Waals surface area contributed by atoms with Crippen LogP contribution in [0.25, 0.3) is 16.9 Å². The number of amides is 2. The molecule has 0 atom stereocenters. The normalized spacial score (nSPS) is 10.7. The van der Waals surface area contributed by atoms with Crippen molar-refractivity contribution < 1.29 is 14.3 Å². The second-order valence-corrected chi connectivity index (χ2v) is 7.34. The van der Waals surface area contributed by atoms with Crippen LogP contribution in [0.4, 0.5) is 16.2 Å². The Morgan fingerprint density at radius 2 is 1.78 bits per heavy atom. The molecule has 0 aliphatic carbocycles. The molecule has 0 aliphatic heterocycles. The summed E-state index contributed by atoms with van der Waals surface area (Å²) in [5.74, 6) is -0.261. The maximum atomic E-state index is 13.0. The first kappa shape index (κ1) is 21.3. The zero-order valence-corrected chi connectivity index (χ0v) is 18.2. The van der Waals surface area contributed by atoms with Crippen molar-refractivity contribution in [3.8, 4) is 11.3 Å². The second kappa shape index (κ2) is 9.07. The molecule has 0 spiro atoms.